The summed E-state index contributed by atoms with van der Waals surface area (Å²) in [6.07, 6.45) is -4.69. The predicted octanol–water partition coefficient (Wildman–Crippen LogP) is 1.70. The molecule has 1 heterocycles. The van der Waals surface area contributed by atoms with Gasteiger partial charge in [-0.05, 0) is 19.1 Å². The number of hydrogen-bond donors (Lipinski definition) is 1. The number of benzene rings is 1. The lowest BCUT2D eigenvalue weighted by Gasteiger charge is -2.20. The minimum absolute atomic E-state index is 0.433. The van der Waals surface area contributed by atoms with Crippen LogP contribution in [-0.4, -0.2) is 19.3 Å². The molecular weight excluding hydrogens is 257 g/mol. The molecule has 7 heteroatoms. The van der Waals surface area contributed by atoms with E-state index >= 15 is 0 Å². The van der Waals surface area contributed by atoms with Crippen molar-refractivity contribution < 1.29 is 26.7 Å². The van der Waals surface area contributed by atoms with Crippen molar-refractivity contribution in [3.05, 3.63) is 29.3 Å². The smallest absolute Gasteiger partial charge is 0.384 e. The summed E-state index contributed by atoms with van der Waals surface area (Å²) in [5.74, 6) is -0.720. The molecule has 0 bridgehead atoms. The zero-order valence-electron chi connectivity index (χ0n) is 8.75. The first-order valence-electron chi connectivity index (χ1n) is 4.71. The standard InChI is InChI=1S/C10H9F3O3S/c1-9(14)5-17(15,16)7-4-2-3-6(8(7)9)10(11,12)13/h2-4,14H,5H2,1H3. The SMILES string of the molecule is CC1(O)CS(=O)(=O)c2cccc(C(F)(F)F)c21. The highest BCUT2D eigenvalue weighted by Gasteiger charge is 2.48. The van der Waals surface area contributed by atoms with E-state index in [2.05, 4.69) is 0 Å². The van der Waals surface area contributed by atoms with E-state index in [-0.39, 0.29) is 0 Å². The van der Waals surface area contributed by atoms with E-state index < -0.39 is 43.4 Å². The molecule has 1 aliphatic heterocycles. The number of aliphatic hydroxyl groups is 1. The van der Waals surface area contributed by atoms with E-state index in [0.29, 0.717) is 0 Å². The fourth-order valence-electron chi connectivity index (χ4n) is 2.10. The molecule has 1 N–H and O–H groups in total. The number of rotatable bonds is 0. The molecule has 0 saturated heterocycles. The van der Waals surface area contributed by atoms with E-state index in [1.54, 1.807) is 0 Å². The topological polar surface area (TPSA) is 54.4 Å². The average molecular weight is 266 g/mol. The third kappa shape index (κ3) is 1.83. The molecular formula is C10H9F3O3S. The Morgan fingerprint density at radius 2 is 1.94 bits per heavy atom. The highest BCUT2D eigenvalue weighted by Crippen LogP contribution is 2.45. The van der Waals surface area contributed by atoms with Crippen LogP contribution < -0.4 is 0 Å². The van der Waals surface area contributed by atoms with Crippen LogP contribution in [0.2, 0.25) is 0 Å². The van der Waals surface area contributed by atoms with E-state index in [0.717, 1.165) is 25.1 Å². The second-order valence-corrected chi connectivity index (χ2v) is 6.17. The van der Waals surface area contributed by atoms with Gasteiger partial charge in [0.25, 0.3) is 0 Å². The molecule has 0 amide bonds. The van der Waals surface area contributed by atoms with Gasteiger partial charge < -0.3 is 5.11 Å². The third-order valence-electron chi connectivity index (χ3n) is 2.68. The lowest BCUT2D eigenvalue weighted by Crippen LogP contribution is -2.26. The molecule has 1 unspecified atom stereocenters. The highest BCUT2D eigenvalue weighted by molar-refractivity contribution is 7.91. The van der Waals surface area contributed by atoms with Crippen molar-refractivity contribution in [2.24, 2.45) is 0 Å². The average Bonchev–Trinajstić information content (AvgIpc) is 2.31. The number of fused-ring (bicyclic) bond motifs is 1. The van der Waals surface area contributed by atoms with Crippen LogP contribution in [0, 0.1) is 0 Å². The fourth-order valence-corrected chi connectivity index (χ4v) is 4.07. The summed E-state index contributed by atoms with van der Waals surface area (Å²) in [5, 5.41) is 9.85. The summed E-state index contributed by atoms with van der Waals surface area (Å²) in [5.41, 5.74) is -3.64. The molecule has 0 aliphatic carbocycles. The van der Waals surface area contributed by atoms with Gasteiger partial charge in [-0.1, -0.05) is 6.07 Å². The lowest BCUT2D eigenvalue weighted by molar-refractivity contribution is -0.140. The maximum Gasteiger partial charge on any atom is 0.416 e. The van der Waals surface area contributed by atoms with Gasteiger partial charge in [-0.3, -0.25) is 0 Å². The predicted molar refractivity (Wildman–Crippen MR) is 53.1 cm³/mol. The Bertz CT molecular complexity index is 573. The van der Waals surface area contributed by atoms with Crippen molar-refractivity contribution >= 4 is 9.84 Å². The van der Waals surface area contributed by atoms with Crippen LogP contribution in [0.5, 0.6) is 0 Å². The van der Waals surface area contributed by atoms with Crippen molar-refractivity contribution in [2.75, 3.05) is 5.75 Å². The molecule has 0 spiro atoms. The molecule has 94 valence electrons. The summed E-state index contributed by atoms with van der Waals surface area (Å²) >= 11 is 0. The molecule has 0 radical (unpaired) electrons. The van der Waals surface area contributed by atoms with E-state index in [4.69, 9.17) is 0 Å². The molecule has 2 rings (SSSR count). The summed E-state index contributed by atoms with van der Waals surface area (Å²) in [6.45, 7) is 1.08. The van der Waals surface area contributed by atoms with Gasteiger partial charge in [-0.25, -0.2) is 8.42 Å². The van der Waals surface area contributed by atoms with E-state index in [1.165, 1.54) is 0 Å². The Hall–Kier alpha value is -1.08. The molecule has 3 nitrogen and oxygen atoms in total. The van der Waals surface area contributed by atoms with Gasteiger partial charge in [0.1, 0.15) is 5.60 Å². The summed E-state index contributed by atoms with van der Waals surface area (Å²) in [7, 11) is -3.85. The van der Waals surface area contributed by atoms with Crippen molar-refractivity contribution in [1.82, 2.24) is 0 Å². The fraction of sp³-hybridized carbons (Fsp3) is 0.400. The quantitative estimate of drug-likeness (QED) is 0.777. The van der Waals surface area contributed by atoms with Gasteiger partial charge in [-0.15, -0.1) is 0 Å². The first-order valence-corrected chi connectivity index (χ1v) is 6.37. The summed E-state index contributed by atoms with van der Waals surface area (Å²) < 4.78 is 61.4. The number of hydrogen-bond acceptors (Lipinski definition) is 3. The van der Waals surface area contributed by atoms with Crippen molar-refractivity contribution in [3.63, 3.8) is 0 Å². The second-order valence-electron chi connectivity index (χ2n) is 4.21. The minimum Gasteiger partial charge on any atom is -0.384 e. The normalized spacial score (nSPS) is 26.9. The monoisotopic (exact) mass is 266 g/mol. The Kier molecular flexibility index (Phi) is 2.35. The van der Waals surface area contributed by atoms with E-state index in [9.17, 15) is 26.7 Å². The third-order valence-corrected chi connectivity index (χ3v) is 4.63. The first kappa shape index (κ1) is 12.4. The van der Waals surface area contributed by atoms with Crippen LogP contribution >= 0.6 is 0 Å². The molecule has 17 heavy (non-hydrogen) atoms. The summed E-state index contributed by atoms with van der Waals surface area (Å²) in [4.78, 5) is -0.433. The largest absolute Gasteiger partial charge is 0.416 e. The van der Waals surface area contributed by atoms with Crippen molar-refractivity contribution in [1.29, 1.82) is 0 Å². The molecule has 1 aliphatic rings. The molecule has 0 aromatic heterocycles. The van der Waals surface area contributed by atoms with Crippen LogP contribution in [0.1, 0.15) is 18.1 Å². The van der Waals surface area contributed by atoms with Crippen molar-refractivity contribution in [3.8, 4) is 0 Å². The number of halogens is 3. The van der Waals surface area contributed by atoms with Gasteiger partial charge in [0.2, 0.25) is 0 Å². The molecule has 1 atom stereocenters. The van der Waals surface area contributed by atoms with Gasteiger partial charge in [-0.2, -0.15) is 13.2 Å². The molecule has 0 fully saturated rings. The Morgan fingerprint density at radius 1 is 1.35 bits per heavy atom. The Morgan fingerprint density at radius 3 is 2.47 bits per heavy atom. The second kappa shape index (κ2) is 3.23. The van der Waals surface area contributed by atoms with Crippen LogP contribution in [0.3, 0.4) is 0 Å². The van der Waals surface area contributed by atoms with Crippen molar-refractivity contribution in [2.45, 2.75) is 23.6 Å². The van der Waals surface area contributed by atoms with E-state index in [1.807, 2.05) is 0 Å². The maximum atomic E-state index is 12.7. The Balaban J connectivity index is 2.84. The molecule has 0 saturated carbocycles. The van der Waals surface area contributed by atoms with Gasteiger partial charge in [0.15, 0.2) is 9.84 Å². The highest BCUT2D eigenvalue weighted by atomic mass is 32.2. The number of sulfone groups is 1. The molecule has 1 aromatic carbocycles. The summed E-state index contributed by atoms with van der Waals surface area (Å²) in [6, 6.07) is 2.89. The van der Waals surface area contributed by atoms with Gasteiger partial charge in [0.05, 0.1) is 16.2 Å². The van der Waals surface area contributed by atoms with Gasteiger partial charge in [0, 0.05) is 5.56 Å². The minimum atomic E-state index is -4.69. The van der Waals surface area contributed by atoms with Crippen LogP contribution in [0.15, 0.2) is 23.1 Å². The van der Waals surface area contributed by atoms with Crippen LogP contribution in [0.25, 0.3) is 0 Å². The van der Waals surface area contributed by atoms with Crippen LogP contribution in [0.4, 0.5) is 13.2 Å². The maximum absolute atomic E-state index is 12.7. The Labute approximate surface area is 95.8 Å². The molecule has 1 aromatic rings. The zero-order valence-corrected chi connectivity index (χ0v) is 9.56. The first-order chi connectivity index (χ1) is 7.56. The zero-order chi connectivity index (χ0) is 13.1. The van der Waals surface area contributed by atoms with Crippen LogP contribution in [-0.2, 0) is 21.6 Å². The van der Waals surface area contributed by atoms with Gasteiger partial charge >= 0.3 is 6.18 Å². The lowest BCUT2D eigenvalue weighted by atomic mass is 9.93. The number of alkyl halides is 3.